The second-order valence-corrected chi connectivity index (χ2v) is 5.93. The lowest BCUT2D eigenvalue weighted by Crippen LogP contribution is -2.50. The Hall–Kier alpha value is 0.270. The number of thioether (sulfide) groups is 1. The van der Waals surface area contributed by atoms with Gasteiger partial charge in [0.1, 0.15) is 0 Å². The van der Waals surface area contributed by atoms with Crippen LogP contribution in [0.2, 0.25) is 0 Å². The first-order valence-electron chi connectivity index (χ1n) is 6.07. The molecule has 0 aromatic carbocycles. The minimum absolute atomic E-state index is 0.628. The van der Waals surface area contributed by atoms with Gasteiger partial charge in [-0.15, -0.1) is 0 Å². The van der Waals surface area contributed by atoms with Crippen molar-refractivity contribution in [2.75, 3.05) is 32.1 Å². The summed E-state index contributed by atoms with van der Waals surface area (Å²) in [5.74, 6) is 2.15. The van der Waals surface area contributed by atoms with Gasteiger partial charge in [-0.3, -0.25) is 0 Å². The molecule has 0 spiro atoms. The second-order valence-electron chi connectivity index (χ2n) is 4.94. The van der Waals surface area contributed by atoms with Gasteiger partial charge in [0.25, 0.3) is 0 Å². The molecule has 90 valence electrons. The molecule has 2 unspecified atom stereocenters. The van der Waals surface area contributed by atoms with Gasteiger partial charge in [-0.25, -0.2) is 0 Å². The van der Waals surface area contributed by atoms with Crippen LogP contribution in [-0.4, -0.2) is 49.1 Å². The van der Waals surface area contributed by atoms with Crippen molar-refractivity contribution in [2.45, 2.75) is 38.8 Å². The van der Waals surface area contributed by atoms with Gasteiger partial charge >= 0.3 is 0 Å². The van der Waals surface area contributed by atoms with E-state index in [4.69, 9.17) is 0 Å². The van der Waals surface area contributed by atoms with Crippen LogP contribution in [0.1, 0.15) is 26.7 Å². The SMILES string of the molecule is CSCCN(C)C1CCC1CNC(C)C. The van der Waals surface area contributed by atoms with E-state index in [0.29, 0.717) is 6.04 Å². The number of rotatable bonds is 7. The summed E-state index contributed by atoms with van der Waals surface area (Å²) in [4.78, 5) is 2.55. The fraction of sp³-hybridized carbons (Fsp3) is 1.00. The van der Waals surface area contributed by atoms with Crippen molar-refractivity contribution in [3.63, 3.8) is 0 Å². The maximum absolute atomic E-state index is 3.56. The summed E-state index contributed by atoms with van der Waals surface area (Å²) in [6.45, 7) is 6.90. The summed E-state index contributed by atoms with van der Waals surface area (Å²) in [6.07, 6.45) is 5.00. The van der Waals surface area contributed by atoms with Crippen molar-refractivity contribution < 1.29 is 0 Å². The van der Waals surface area contributed by atoms with E-state index in [1.165, 1.54) is 31.7 Å². The summed E-state index contributed by atoms with van der Waals surface area (Å²) in [5.41, 5.74) is 0. The molecule has 1 saturated carbocycles. The quantitative estimate of drug-likeness (QED) is 0.721. The molecule has 1 aliphatic rings. The molecule has 0 saturated heterocycles. The Balaban J connectivity index is 2.18. The van der Waals surface area contributed by atoms with E-state index in [9.17, 15) is 0 Å². The highest BCUT2D eigenvalue weighted by Gasteiger charge is 2.33. The molecule has 1 N–H and O–H groups in total. The monoisotopic (exact) mass is 230 g/mol. The van der Waals surface area contributed by atoms with Crippen molar-refractivity contribution in [2.24, 2.45) is 5.92 Å². The number of hydrogen-bond acceptors (Lipinski definition) is 3. The van der Waals surface area contributed by atoms with Gasteiger partial charge in [-0.05, 0) is 38.6 Å². The molecule has 15 heavy (non-hydrogen) atoms. The summed E-state index contributed by atoms with van der Waals surface area (Å²) >= 11 is 1.94. The molecule has 1 fully saturated rings. The third kappa shape index (κ3) is 4.33. The Kier molecular flexibility index (Phi) is 6.02. The smallest absolute Gasteiger partial charge is 0.0133 e. The van der Waals surface area contributed by atoms with Gasteiger partial charge in [0, 0.05) is 24.4 Å². The number of nitrogens with zero attached hydrogens (tertiary/aromatic N) is 1. The van der Waals surface area contributed by atoms with Gasteiger partial charge in [0.05, 0.1) is 0 Å². The highest BCUT2D eigenvalue weighted by molar-refractivity contribution is 7.98. The average Bonchev–Trinajstić information content (AvgIpc) is 2.12. The van der Waals surface area contributed by atoms with Crippen LogP contribution in [-0.2, 0) is 0 Å². The fourth-order valence-electron chi connectivity index (χ4n) is 2.16. The molecule has 0 bridgehead atoms. The van der Waals surface area contributed by atoms with Crippen molar-refractivity contribution in [3.8, 4) is 0 Å². The average molecular weight is 230 g/mol. The van der Waals surface area contributed by atoms with Gasteiger partial charge in [-0.1, -0.05) is 13.8 Å². The third-order valence-electron chi connectivity index (χ3n) is 3.38. The van der Waals surface area contributed by atoms with E-state index < -0.39 is 0 Å². The lowest BCUT2D eigenvalue weighted by Gasteiger charge is -2.43. The van der Waals surface area contributed by atoms with E-state index in [1.54, 1.807) is 0 Å². The van der Waals surface area contributed by atoms with Crippen LogP contribution in [0.3, 0.4) is 0 Å². The third-order valence-corrected chi connectivity index (χ3v) is 3.97. The van der Waals surface area contributed by atoms with Crippen molar-refractivity contribution in [1.29, 1.82) is 0 Å². The molecular weight excluding hydrogens is 204 g/mol. The highest BCUT2D eigenvalue weighted by Crippen LogP contribution is 2.30. The molecule has 1 aliphatic carbocycles. The van der Waals surface area contributed by atoms with Crippen LogP contribution < -0.4 is 5.32 Å². The van der Waals surface area contributed by atoms with Crippen LogP contribution in [0.15, 0.2) is 0 Å². The predicted molar refractivity (Wildman–Crippen MR) is 70.7 cm³/mol. The molecule has 0 aromatic heterocycles. The summed E-state index contributed by atoms with van der Waals surface area (Å²) in [6, 6.07) is 1.46. The molecule has 0 aliphatic heterocycles. The topological polar surface area (TPSA) is 15.3 Å². The van der Waals surface area contributed by atoms with Gasteiger partial charge in [0.2, 0.25) is 0 Å². The Morgan fingerprint density at radius 1 is 1.40 bits per heavy atom. The molecular formula is C12H26N2S. The van der Waals surface area contributed by atoms with E-state index in [1.807, 2.05) is 11.8 Å². The zero-order valence-corrected chi connectivity index (χ0v) is 11.4. The minimum Gasteiger partial charge on any atom is -0.314 e. The predicted octanol–water partition coefficient (Wildman–Crippen LogP) is 2.06. The van der Waals surface area contributed by atoms with Crippen LogP contribution in [0.4, 0.5) is 0 Å². The second kappa shape index (κ2) is 6.77. The highest BCUT2D eigenvalue weighted by atomic mass is 32.2. The molecule has 0 amide bonds. The van der Waals surface area contributed by atoms with Crippen LogP contribution in [0.25, 0.3) is 0 Å². The first-order valence-corrected chi connectivity index (χ1v) is 7.47. The number of hydrogen-bond donors (Lipinski definition) is 1. The zero-order chi connectivity index (χ0) is 11.3. The molecule has 0 aromatic rings. The van der Waals surface area contributed by atoms with E-state index in [2.05, 4.69) is 37.4 Å². The Morgan fingerprint density at radius 3 is 2.60 bits per heavy atom. The molecule has 1 rings (SSSR count). The van der Waals surface area contributed by atoms with Crippen molar-refractivity contribution in [3.05, 3.63) is 0 Å². The van der Waals surface area contributed by atoms with E-state index >= 15 is 0 Å². The van der Waals surface area contributed by atoms with Crippen molar-refractivity contribution in [1.82, 2.24) is 10.2 Å². The van der Waals surface area contributed by atoms with Gasteiger partial charge < -0.3 is 10.2 Å². The van der Waals surface area contributed by atoms with Crippen LogP contribution in [0, 0.1) is 5.92 Å². The lowest BCUT2D eigenvalue weighted by molar-refractivity contribution is 0.0879. The van der Waals surface area contributed by atoms with Crippen molar-refractivity contribution >= 4 is 11.8 Å². The summed E-state index contributed by atoms with van der Waals surface area (Å²) in [5, 5.41) is 3.56. The minimum atomic E-state index is 0.628. The first-order chi connectivity index (χ1) is 7.15. The zero-order valence-electron chi connectivity index (χ0n) is 10.6. The molecule has 2 nitrogen and oxygen atoms in total. The van der Waals surface area contributed by atoms with E-state index in [0.717, 1.165) is 12.0 Å². The lowest BCUT2D eigenvalue weighted by atomic mass is 9.78. The molecule has 2 atom stereocenters. The molecule has 3 heteroatoms. The number of nitrogens with one attached hydrogen (secondary N) is 1. The normalized spacial score (nSPS) is 26.0. The maximum Gasteiger partial charge on any atom is 0.0133 e. The van der Waals surface area contributed by atoms with Gasteiger partial charge in [-0.2, -0.15) is 11.8 Å². The van der Waals surface area contributed by atoms with Gasteiger partial charge in [0.15, 0.2) is 0 Å². The van der Waals surface area contributed by atoms with Crippen LogP contribution >= 0.6 is 11.8 Å². The Bertz CT molecular complexity index is 173. The van der Waals surface area contributed by atoms with E-state index in [-0.39, 0.29) is 0 Å². The standard InChI is InChI=1S/C12H26N2S/c1-10(2)13-9-11-5-6-12(11)14(3)7-8-15-4/h10-13H,5-9H2,1-4H3. The Labute approximate surface area is 99.2 Å². The first kappa shape index (κ1) is 13.3. The Morgan fingerprint density at radius 2 is 2.13 bits per heavy atom. The maximum atomic E-state index is 3.56. The van der Waals surface area contributed by atoms with Crippen LogP contribution in [0.5, 0.6) is 0 Å². The summed E-state index contributed by atoms with van der Waals surface area (Å²) < 4.78 is 0. The molecule has 0 heterocycles. The largest absolute Gasteiger partial charge is 0.314 e. The fourth-order valence-corrected chi connectivity index (χ4v) is 2.63. The summed E-state index contributed by atoms with van der Waals surface area (Å²) in [7, 11) is 2.28. The molecule has 0 radical (unpaired) electrons.